The molecule has 4 nitrogen and oxygen atoms in total. The lowest BCUT2D eigenvalue weighted by molar-refractivity contribution is 0.577. The Morgan fingerprint density at radius 3 is 2.60 bits per heavy atom. The van der Waals surface area contributed by atoms with Crippen molar-refractivity contribution in [3.63, 3.8) is 0 Å². The Balaban J connectivity index is 3.09. The molecule has 80 valence electrons. The predicted molar refractivity (Wildman–Crippen MR) is 56.8 cm³/mol. The second-order valence-corrected chi connectivity index (χ2v) is 4.99. The molecule has 0 heterocycles. The molecule has 0 bridgehead atoms. The maximum Gasteiger partial charge on any atom is 0.243 e. The highest BCUT2D eigenvalue weighted by atomic mass is 35.5. The first-order valence-corrected chi connectivity index (χ1v) is 6.00. The van der Waals surface area contributed by atoms with Crippen molar-refractivity contribution in [1.82, 2.24) is 4.72 Å². The third kappa shape index (κ3) is 2.93. The predicted octanol–water partition coefficient (Wildman–Crippen LogP) is 1.53. The molecule has 0 aliphatic carbocycles. The van der Waals surface area contributed by atoms with Crippen molar-refractivity contribution in [2.24, 2.45) is 0 Å². The fraction of sp³-hybridized carbons (Fsp3) is 0.222. The third-order valence-corrected chi connectivity index (χ3v) is 3.69. The van der Waals surface area contributed by atoms with Crippen molar-refractivity contribution in [2.75, 3.05) is 0 Å². The maximum atomic E-state index is 11.7. The standard InChI is InChI=1S/C9H9ClN2O2S/c1-7(6-11)12-15(13,14)9-5-3-2-4-8(9)10/h2-5,7,12H,1H3. The van der Waals surface area contributed by atoms with Crippen LogP contribution in [0.1, 0.15) is 6.92 Å². The summed E-state index contributed by atoms with van der Waals surface area (Å²) in [5.74, 6) is 0. The fourth-order valence-electron chi connectivity index (χ4n) is 0.985. The van der Waals surface area contributed by atoms with Crippen LogP contribution in [0.15, 0.2) is 29.2 Å². The van der Waals surface area contributed by atoms with Gasteiger partial charge in [0.25, 0.3) is 0 Å². The number of hydrogen-bond acceptors (Lipinski definition) is 3. The molecule has 6 heteroatoms. The van der Waals surface area contributed by atoms with E-state index in [1.165, 1.54) is 19.1 Å². The van der Waals surface area contributed by atoms with Crippen molar-refractivity contribution in [3.05, 3.63) is 29.3 Å². The van der Waals surface area contributed by atoms with Gasteiger partial charge < -0.3 is 0 Å². The maximum absolute atomic E-state index is 11.7. The highest BCUT2D eigenvalue weighted by molar-refractivity contribution is 7.89. The highest BCUT2D eigenvalue weighted by Gasteiger charge is 2.19. The van der Waals surface area contributed by atoms with Gasteiger partial charge in [0.15, 0.2) is 0 Å². The minimum absolute atomic E-state index is 0.0197. The summed E-state index contributed by atoms with van der Waals surface area (Å²) in [5.41, 5.74) is 0. The molecule has 1 aromatic rings. The molecule has 1 rings (SSSR count). The summed E-state index contributed by atoms with van der Waals surface area (Å²) in [6, 6.07) is 7.06. The summed E-state index contributed by atoms with van der Waals surface area (Å²) in [6.45, 7) is 1.45. The molecule has 0 aliphatic rings. The van der Waals surface area contributed by atoms with Crippen LogP contribution in [0.5, 0.6) is 0 Å². The molecule has 0 fully saturated rings. The van der Waals surface area contributed by atoms with Crippen molar-refractivity contribution < 1.29 is 8.42 Å². The average Bonchev–Trinajstić information content (AvgIpc) is 2.17. The van der Waals surface area contributed by atoms with E-state index in [1.807, 2.05) is 0 Å². The van der Waals surface area contributed by atoms with Gasteiger partial charge in [0.05, 0.1) is 11.1 Å². The van der Waals surface area contributed by atoms with Crippen LogP contribution < -0.4 is 4.72 Å². The first-order chi connectivity index (χ1) is 6.97. The Morgan fingerprint density at radius 2 is 2.07 bits per heavy atom. The van der Waals surface area contributed by atoms with Crippen LogP contribution in [-0.4, -0.2) is 14.5 Å². The number of rotatable bonds is 3. The van der Waals surface area contributed by atoms with Crippen molar-refractivity contribution >= 4 is 21.6 Å². The Labute approximate surface area is 93.5 Å². The summed E-state index contributed by atoms with van der Waals surface area (Å²) < 4.78 is 25.5. The van der Waals surface area contributed by atoms with Crippen LogP contribution in [0.3, 0.4) is 0 Å². The van der Waals surface area contributed by atoms with Crippen LogP contribution in [-0.2, 0) is 10.0 Å². The van der Waals surface area contributed by atoms with Crippen LogP contribution in [0.4, 0.5) is 0 Å². The van der Waals surface area contributed by atoms with Gasteiger partial charge in [-0.15, -0.1) is 0 Å². The zero-order valence-electron chi connectivity index (χ0n) is 7.94. The topological polar surface area (TPSA) is 70.0 Å². The van der Waals surface area contributed by atoms with Crippen LogP contribution in [0.2, 0.25) is 5.02 Å². The molecule has 0 saturated heterocycles. The van der Waals surface area contributed by atoms with Gasteiger partial charge in [-0.3, -0.25) is 0 Å². The van der Waals surface area contributed by atoms with Gasteiger partial charge in [-0.1, -0.05) is 23.7 Å². The van der Waals surface area contributed by atoms with Gasteiger partial charge in [0, 0.05) is 0 Å². The number of halogens is 1. The van der Waals surface area contributed by atoms with Crippen LogP contribution >= 0.6 is 11.6 Å². The van der Waals surface area contributed by atoms with E-state index in [2.05, 4.69) is 4.72 Å². The monoisotopic (exact) mass is 244 g/mol. The fourth-order valence-corrected chi connectivity index (χ4v) is 2.65. The molecule has 0 radical (unpaired) electrons. The van der Waals surface area contributed by atoms with Gasteiger partial charge in [0.1, 0.15) is 10.9 Å². The first kappa shape index (κ1) is 12.0. The molecule has 1 aromatic carbocycles. The smallest absolute Gasteiger partial charge is 0.207 e. The van der Waals surface area contributed by atoms with Crippen LogP contribution in [0.25, 0.3) is 0 Å². The summed E-state index contributed by atoms with van der Waals surface area (Å²) in [6.07, 6.45) is 0. The lowest BCUT2D eigenvalue weighted by atomic mass is 10.4. The van der Waals surface area contributed by atoms with Gasteiger partial charge >= 0.3 is 0 Å². The van der Waals surface area contributed by atoms with E-state index in [4.69, 9.17) is 16.9 Å². The number of nitrogens with zero attached hydrogens (tertiary/aromatic N) is 1. The molecule has 1 N–H and O–H groups in total. The van der Waals surface area contributed by atoms with E-state index < -0.39 is 16.1 Å². The number of hydrogen-bond donors (Lipinski definition) is 1. The third-order valence-electron chi connectivity index (χ3n) is 1.65. The van der Waals surface area contributed by atoms with Gasteiger partial charge in [0.2, 0.25) is 10.0 Å². The second kappa shape index (κ2) is 4.62. The van der Waals surface area contributed by atoms with Gasteiger partial charge in [-0.05, 0) is 19.1 Å². The first-order valence-electron chi connectivity index (χ1n) is 4.14. The highest BCUT2D eigenvalue weighted by Crippen LogP contribution is 2.20. The quantitative estimate of drug-likeness (QED) is 0.877. The van der Waals surface area contributed by atoms with Crippen molar-refractivity contribution in [3.8, 4) is 6.07 Å². The van der Waals surface area contributed by atoms with E-state index in [0.717, 1.165) is 0 Å². The van der Waals surface area contributed by atoms with E-state index in [9.17, 15) is 8.42 Å². The SMILES string of the molecule is CC(C#N)NS(=O)(=O)c1ccccc1Cl. The molecule has 0 spiro atoms. The lowest BCUT2D eigenvalue weighted by Crippen LogP contribution is -2.31. The van der Waals surface area contributed by atoms with E-state index in [-0.39, 0.29) is 9.92 Å². The summed E-state index contributed by atoms with van der Waals surface area (Å²) in [4.78, 5) is -0.0197. The normalized spacial score (nSPS) is 13.1. The Morgan fingerprint density at radius 1 is 1.47 bits per heavy atom. The number of nitriles is 1. The van der Waals surface area contributed by atoms with E-state index >= 15 is 0 Å². The molecule has 15 heavy (non-hydrogen) atoms. The molecule has 0 aliphatic heterocycles. The molecule has 0 saturated carbocycles. The van der Waals surface area contributed by atoms with Gasteiger partial charge in [-0.25, -0.2) is 8.42 Å². The molecular weight excluding hydrogens is 236 g/mol. The Bertz CT molecular complexity index is 493. The van der Waals surface area contributed by atoms with Crippen molar-refractivity contribution in [1.29, 1.82) is 5.26 Å². The molecule has 0 aromatic heterocycles. The molecule has 0 amide bonds. The zero-order chi connectivity index (χ0) is 11.5. The van der Waals surface area contributed by atoms with Gasteiger partial charge in [-0.2, -0.15) is 9.98 Å². The molecule has 1 atom stereocenters. The van der Waals surface area contributed by atoms with E-state index in [1.54, 1.807) is 18.2 Å². The van der Waals surface area contributed by atoms with Crippen LogP contribution in [0, 0.1) is 11.3 Å². The van der Waals surface area contributed by atoms with E-state index in [0.29, 0.717) is 0 Å². The lowest BCUT2D eigenvalue weighted by Gasteiger charge is -2.08. The number of nitrogens with one attached hydrogen (secondary N) is 1. The summed E-state index contributed by atoms with van der Waals surface area (Å²) >= 11 is 5.73. The largest absolute Gasteiger partial charge is 0.243 e. The Hall–Kier alpha value is -1.09. The average molecular weight is 245 g/mol. The summed E-state index contributed by atoms with van der Waals surface area (Å²) in [5, 5.41) is 8.64. The molecular formula is C9H9ClN2O2S. The Kier molecular flexibility index (Phi) is 3.69. The summed E-state index contributed by atoms with van der Waals surface area (Å²) in [7, 11) is -3.71. The second-order valence-electron chi connectivity index (χ2n) is 2.90. The minimum Gasteiger partial charge on any atom is -0.207 e. The zero-order valence-corrected chi connectivity index (χ0v) is 9.51. The number of sulfonamides is 1. The minimum atomic E-state index is -3.71. The number of benzene rings is 1. The van der Waals surface area contributed by atoms with Crippen molar-refractivity contribution in [2.45, 2.75) is 17.9 Å². The molecule has 1 unspecified atom stereocenters.